The molecule has 3 atom stereocenters. The number of thiol groups is 1. The molecule has 0 saturated carbocycles. The molecule has 1 aromatic heterocycles. The topological polar surface area (TPSA) is 120 Å². The Hall–Kier alpha value is -4.18. The van der Waals surface area contributed by atoms with E-state index in [1.165, 1.54) is 0 Å². The van der Waals surface area contributed by atoms with Crippen molar-refractivity contribution in [2.75, 3.05) is 20.1 Å². The van der Waals surface area contributed by atoms with E-state index in [1.807, 2.05) is 60.7 Å². The largest absolute Gasteiger partial charge is 0.357 e. The fourth-order valence-corrected chi connectivity index (χ4v) is 5.82. The Morgan fingerprint density at radius 3 is 2.25 bits per heavy atom. The summed E-state index contributed by atoms with van der Waals surface area (Å²) in [6.45, 7) is 0.827. The number of hydrogen-bond acceptors (Lipinski definition) is 6. The van der Waals surface area contributed by atoms with Gasteiger partial charge < -0.3 is 20.9 Å². The molecule has 4 amide bonds. The minimum absolute atomic E-state index is 0.167. The second kappa shape index (κ2) is 16.0. The highest BCUT2D eigenvalue weighted by atomic mass is 32.1. The van der Waals surface area contributed by atoms with Gasteiger partial charge in [-0.05, 0) is 55.4 Å². The monoisotopic (exact) mass is 615 g/mol. The van der Waals surface area contributed by atoms with E-state index in [2.05, 4.69) is 33.6 Å². The molecule has 0 radical (unpaired) electrons. The summed E-state index contributed by atoms with van der Waals surface area (Å²) < 4.78 is 0. The third kappa shape index (κ3) is 8.69. The minimum atomic E-state index is -1.14. The van der Waals surface area contributed by atoms with Crippen molar-refractivity contribution in [3.63, 3.8) is 0 Å². The Labute approximate surface area is 264 Å². The second-order valence-corrected chi connectivity index (χ2v) is 11.8. The predicted octanol–water partition coefficient (Wildman–Crippen LogP) is 3.36. The molecule has 2 heterocycles. The van der Waals surface area contributed by atoms with Crippen molar-refractivity contribution in [3.05, 3.63) is 102 Å². The lowest BCUT2D eigenvalue weighted by Crippen LogP contribution is -2.58. The van der Waals surface area contributed by atoms with E-state index in [1.54, 1.807) is 36.5 Å². The number of carbonyl (C=O) groups is 4. The second-order valence-electron chi connectivity index (χ2n) is 11.1. The predicted molar refractivity (Wildman–Crippen MR) is 173 cm³/mol. The van der Waals surface area contributed by atoms with Crippen molar-refractivity contribution < 1.29 is 19.2 Å². The first-order valence-corrected chi connectivity index (χ1v) is 15.6. The molecule has 4 rings (SSSR count). The summed E-state index contributed by atoms with van der Waals surface area (Å²) in [6.07, 6.45) is 6.76. The van der Waals surface area contributed by atoms with Gasteiger partial charge in [-0.25, -0.2) is 0 Å². The Balaban J connectivity index is 1.40. The quantitative estimate of drug-likeness (QED) is 0.154. The Kier molecular flexibility index (Phi) is 11.9. The third-order valence-electron chi connectivity index (χ3n) is 8.13. The number of nitrogens with one attached hydrogen (secondary N) is 3. The molecule has 1 saturated heterocycles. The molecular weight excluding hydrogens is 574 g/mol. The molecule has 0 unspecified atom stereocenters. The molecule has 1 aliphatic heterocycles. The van der Waals surface area contributed by atoms with Gasteiger partial charge in [-0.3, -0.25) is 24.2 Å². The molecule has 0 bridgehead atoms. The average Bonchev–Trinajstić information content (AvgIpc) is 3.38. The van der Waals surface area contributed by atoms with Gasteiger partial charge in [0.1, 0.15) is 11.6 Å². The van der Waals surface area contributed by atoms with Crippen LogP contribution in [0, 0.1) is 0 Å². The van der Waals surface area contributed by atoms with Gasteiger partial charge in [-0.2, -0.15) is 12.6 Å². The standard InChI is InChI=1S/C34H41N5O4S/c1-35-31(41)28(24-26-12-6-3-7-13-26)39-23-19-34(33(39)43,18-15-25-10-4-2-5-11-25)38-32(42)29(44)14-8-9-20-37-30(40)27-16-21-36-22-17-27/h2-7,10-13,16-17,21-22,28-29,44H,8-9,14-15,18-20,23-24H2,1H3,(H,35,41)(H,37,40)(H,38,42)/t28-,29-,34+/m0/s1. The molecule has 232 valence electrons. The number of nitrogens with zero attached hydrogens (tertiary/aromatic N) is 2. The van der Waals surface area contributed by atoms with Crippen LogP contribution in [0.4, 0.5) is 0 Å². The number of aryl methyl sites for hydroxylation is 1. The number of carbonyl (C=O) groups excluding carboxylic acids is 4. The van der Waals surface area contributed by atoms with Gasteiger partial charge in [0, 0.05) is 44.5 Å². The molecular formula is C34H41N5O4S. The van der Waals surface area contributed by atoms with Crippen LogP contribution < -0.4 is 16.0 Å². The van der Waals surface area contributed by atoms with Gasteiger partial charge in [0.05, 0.1) is 5.25 Å². The summed E-state index contributed by atoms with van der Waals surface area (Å²) in [4.78, 5) is 58.5. The maximum atomic E-state index is 14.2. The number of benzene rings is 2. The van der Waals surface area contributed by atoms with Crippen LogP contribution in [0.3, 0.4) is 0 Å². The van der Waals surface area contributed by atoms with Crippen molar-refractivity contribution in [1.82, 2.24) is 25.8 Å². The fourth-order valence-electron chi connectivity index (χ4n) is 5.57. The minimum Gasteiger partial charge on any atom is -0.357 e. The van der Waals surface area contributed by atoms with E-state index in [0.29, 0.717) is 63.6 Å². The average molecular weight is 616 g/mol. The van der Waals surface area contributed by atoms with E-state index in [4.69, 9.17) is 0 Å². The molecule has 0 aliphatic carbocycles. The summed E-state index contributed by atoms with van der Waals surface area (Å²) >= 11 is 4.58. The van der Waals surface area contributed by atoms with E-state index in [0.717, 1.165) is 11.1 Å². The lowest BCUT2D eigenvalue weighted by Gasteiger charge is -2.33. The Morgan fingerprint density at radius 1 is 0.932 bits per heavy atom. The van der Waals surface area contributed by atoms with Crippen LogP contribution in [0.5, 0.6) is 0 Å². The summed E-state index contributed by atoms with van der Waals surface area (Å²) in [7, 11) is 1.57. The van der Waals surface area contributed by atoms with Crippen molar-refractivity contribution in [3.8, 4) is 0 Å². The van der Waals surface area contributed by atoms with Crippen molar-refractivity contribution >= 4 is 36.3 Å². The Bertz CT molecular complexity index is 1390. The van der Waals surface area contributed by atoms with Gasteiger partial charge in [-0.15, -0.1) is 0 Å². The first-order valence-electron chi connectivity index (χ1n) is 15.1. The number of amides is 4. The third-order valence-corrected chi connectivity index (χ3v) is 8.62. The van der Waals surface area contributed by atoms with E-state index >= 15 is 0 Å². The van der Waals surface area contributed by atoms with Crippen LogP contribution in [0.2, 0.25) is 0 Å². The van der Waals surface area contributed by atoms with Crippen LogP contribution in [0.15, 0.2) is 85.2 Å². The van der Waals surface area contributed by atoms with Crippen LogP contribution in [-0.4, -0.2) is 70.5 Å². The summed E-state index contributed by atoms with van der Waals surface area (Å²) in [5.41, 5.74) is 1.42. The van der Waals surface area contributed by atoms with Crippen molar-refractivity contribution in [2.45, 2.75) is 61.8 Å². The number of unbranched alkanes of at least 4 members (excludes halogenated alkanes) is 1. The molecule has 9 nitrogen and oxygen atoms in total. The summed E-state index contributed by atoms with van der Waals surface area (Å²) in [6, 6.07) is 22.1. The molecule has 0 spiro atoms. The molecule has 1 aliphatic rings. The number of pyridine rings is 1. The van der Waals surface area contributed by atoms with Gasteiger partial charge in [-0.1, -0.05) is 67.1 Å². The van der Waals surface area contributed by atoms with Gasteiger partial charge in [0.15, 0.2) is 0 Å². The van der Waals surface area contributed by atoms with Gasteiger partial charge >= 0.3 is 0 Å². The van der Waals surface area contributed by atoms with Crippen molar-refractivity contribution in [1.29, 1.82) is 0 Å². The van der Waals surface area contributed by atoms with E-state index in [9.17, 15) is 19.2 Å². The molecule has 3 aromatic rings. The maximum absolute atomic E-state index is 14.2. The molecule has 10 heteroatoms. The summed E-state index contributed by atoms with van der Waals surface area (Å²) in [5, 5.41) is 8.05. The molecule has 3 N–H and O–H groups in total. The van der Waals surface area contributed by atoms with Crippen LogP contribution >= 0.6 is 12.6 Å². The zero-order chi connectivity index (χ0) is 31.4. The molecule has 1 fully saturated rings. The smallest absolute Gasteiger partial charge is 0.251 e. The summed E-state index contributed by atoms with van der Waals surface area (Å²) in [5.74, 6) is -0.960. The highest BCUT2D eigenvalue weighted by Crippen LogP contribution is 2.31. The fraction of sp³-hybridized carbons (Fsp3) is 0.382. The number of rotatable bonds is 15. The van der Waals surface area contributed by atoms with Crippen LogP contribution in [-0.2, 0) is 27.2 Å². The molecule has 44 heavy (non-hydrogen) atoms. The zero-order valence-corrected chi connectivity index (χ0v) is 26.0. The number of likely N-dealkylation sites (tertiary alicyclic amines) is 1. The number of aromatic nitrogens is 1. The van der Waals surface area contributed by atoms with E-state index < -0.39 is 16.8 Å². The van der Waals surface area contributed by atoms with Crippen LogP contribution in [0.1, 0.15) is 53.6 Å². The van der Waals surface area contributed by atoms with Gasteiger partial charge in [0.25, 0.3) is 5.91 Å². The highest BCUT2D eigenvalue weighted by Gasteiger charge is 2.50. The lowest BCUT2D eigenvalue weighted by atomic mass is 9.89. The van der Waals surface area contributed by atoms with Crippen molar-refractivity contribution in [2.24, 2.45) is 0 Å². The van der Waals surface area contributed by atoms with Gasteiger partial charge in [0.2, 0.25) is 17.7 Å². The highest BCUT2D eigenvalue weighted by molar-refractivity contribution is 7.81. The zero-order valence-electron chi connectivity index (χ0n) is 25.1. The van der Waals surface area contributed by atoms with Crippen LogP contribution in [0.25, 0.3) is 0 Å². The first-order chi connectivity index (χ1) is 21.3. The lowest BCUT2D eigenvalue weighted by molar-refractivity contribution is -0.142. The number of hydrogen-bond donors (Lipinski definition) is 4. The number of likely N-dealkylation sites (N-methyl/N-ethyl adjacent to an activating group) is 1. The SMILES string of the molecule is CNC(=O)[C@H](Cc1ccccc1)N1CC[C@@](CCc2ccccc2)(NC(=O)[C@@H](S)CCCCNC(=O)c2ccncc2)C1=O. The normalized spacial score (nSPS) is 17.5. The first kappa shape index (κ1) is 32.7. The molecule has 2 aromatic carbocycles. The Morgan fingerprint density at radius 2 is 1.59 bits per heavy atom. The van der Waals surface area contributed by atoms with E-state index in [-0.39, 0.29) is 23.6 Å². The maximum Gasteiger partial charge on any atom is 0.251 e.